The van der Waals surface area contributed by atoms with Crippen LogP contribution in [0.5, 0.6) is 5.75 Å². The minimum Gasteiger partial charge on any atom is -0.497 e. The highest BCUT2D eigenvalue weighted by Crippen LogP contribution is 2.16. The lowest BCUT2D eigenvalue weighted by Gasteiger charge is -2.26. The van der Waals surface area contributed by atoms with Gasteiger partial charge in [0.1, 0.15) is 5.75 Å². The highest BCUT2D eigenvalue weighted by Gasteiger charge is 2.08. The first-order valence-corrected chi connectivity index (χ1v) is 6.49. The number of nitrogens with zero attached hydrogens (tertiary/aromatic N) is 1. The molecule has 0 amide bonds. The fraction of sp³-hybridized carbons (Fsp3) is 0.571. The van der Waals surface area contributed by atoms with Crippen molar-refractivity contribution in [1.29, 1.82) is 0 Å². The molecule has 3 nitrogen and oxygen atoms in total. The number of benzene rings is 1. The van der Waals surface area contributed by atoms with Crippen LogP contribution in [0.3, 0.4) is 0 Å². The van der Waals surface area contributed by atoms with Gasteiger partial charge in [-0.1, -0.05) is 12.5 Å². The zero-order valence-electron chi connectivity index (χ0n) is 10.6. The fourth-order valence-corrected chi connectivity index (χ4v) is 2.27. The second kappa shape index (κ2) is 6.50. The highest BCUT2D eigenvalue weighted by molar-refractivity contribution is 5.48. The zero-order valence-corrected chi connectivity index (χ0v) is 10.6. The van der Waals surface area contributed by atoms with Gasteiger partial charge in [0.15, 0.2) is 0 Å². The van der Waals surface area contributed by atoms with Crippen molar-refractivity contribution in [2.45, 2.75) is 19.3 Å². The van der Waals surface area contributed by atoms with Crippen LogP contribution in [0, 0.1) is 0 Å². The molecule has 17 heavy (non-hydrogen) atoms. The summed E-state index contributed by atoms with van der Waals surface area (Å²) < 4.78 is 5.20. The number of likely N-dealkylation sites (tertiary alicyclic amines) is 1. The van der Waals surface area contributed by atoms with E-state index in [0.717, 1.165) is 24.5 Å². The van der Waals surface area contributed by atoms with Gasteiger partial charge in [0.05, 0.1) is 7.11 Å². The fourth-order valence-electron chi connectivity index (χ4n) is 2.27. The first-order chi connectivity index (χ1) is 8.38. The van der Waals surface area contributed by atoms with Crippen LogP contribution in [0.1, 0.15) is 19.3 Å². The zero-order chi connectivity index (χ0) is 11.9. The van der Waals surface area contributed by atoms with Gasteiger partial charge in [0.25, 0.3) is 0 Å². The summed E-state index contributed by atoms with van der Waals surface area (Å²) in [5.41, 5.74) is 1.14. The van der Waals surface area contributed by atoms with E-state index in [9.17, 15) is 0 Å². The first-order valence-electron chi connectivity index (χ1n) is 6.49. The molecule has 0 aromatic heterocycles. The van der Waals surface area contributed by atoms with Gasteiger partial charge >= 0.3 is 0 Å². The van der Waals surface area contributed by atoms with Gasteiger partial charge in [-0.25, -0.2) is 0 Å². The molecular formula is C14H22N2O. The molecule has 1 aliphatic rings. The standard InChI is InChI=1S/C14H22N2O/c1-17-14-7-5-6-13(12-14)15-8-11-16-9-3-2-4-10-16/h5-7,12,15H,2-4,8-11H2,1H3. The molecule has 1 N–H and O–H groups in total. The van der Waals surface area contributed by atoms with Crippen molar-refractivity contribution in [1.82, 2.24) is 4.90 Å². The number of methoxy groups -OCH3 is 1. The Kier molecular flexibility index (Phi) is 4.68. The lowest BCUT2D eigenvalue weighted by molar-refractivity contribution is 0.237. The van der Waals surface area contributed by atoms with Gasteiger partial charge in [-0.3, -0.25) is 0 Å². The molecule has 0 aliphatic carbocycles. The number of ether oxygens (including phenoxy) is 1. The predicted molar refractivity (Wildman–Crippen MR) is 71.8 cm³/mol. The highest BCUT2D eigenvalue weighted by atomic mass is 16.5. The minimum atomic E-state index is 0.910. The van der Waals surface area contributed by atoms with E-state index in [2.05, 4.69) is 16.3 Å². The Morgan fingerprint density at radius 1 is 1.24 bits per heavy atom. The van der Waals surface area contributed by atoms with Crippen LogP contribution in [0.15, 0.2) is 24.3 Å². The van der Waals surface area contributed by atoms with Crippen molar-refractivity contribution >= 4 is 5.69 Å². The van der Waals surface area contributed by atoms with Gasteiger partial charge in [-0.2, -0.15) is 0 Å². The Morgan fingerprint density at radius 2 is 2.06 bits per heavy atom. The Morgan fingerprint density at radius 3 is 2.82 bits per heavy atom. The molecule has 0 saturated carbocycles. The van der Waals surface area contributed by atoms with Crippen LogP contribution in [-0.4, -0.2) is 38.2 Å². The minimum absolute atomic E-state index is 0.910. The normalized spacial score (nSPS) is 16.8. The van der Waals surface area contributed by atoms with Gasteiger partial charge in [0.2, 0.25) is 0 Å². The molecule has 0 atom stereocenters. The van der Waals surface area contributed by atoms with Crippen LogP contribution in [0.2, 0.25) is 0 Å². The summed E-state index contributed by atoms with van der Waals surface area (Å²) in [6, 6.07) is 8.10. The summed E-state index contributed by atoms with van der Waals surface area (Å²) in [5, 5.41) is 3.44. The second-order valence-corrected chi connectivity index (χ2v) is 4.56. The second-order valence-electron chi connectivity index (χ2n) is 4.56. The van der Waals surface area contributed by atoms with E-state index < -0.39 is 0 Å². The van der Waals surface area contributed by atoms with Gasteiger partial charge in [-0.05, 0) is 38.1 Å². The first kappa shape index (κ1) is 12.2. The van der Waals surface area contributed by atoms with Crippen molar-refractivity contribution in [3.05, 3.63) is 24.3 Å². The molecule has 0 radical (unpaired) electrons. The van der Waals surface area contributed by atoms with E-state index in [-0.39, 0.29) is 0 Å². The van der Waals surface area contributed by atoms with E-state index in [4.69, 9.17) is 4.74 Å². The summed E-state index contributed by atoms with van der Waals surface area (Å²) in [4.78, 5) is 2.54. The maximum atomic E-state index is 5.20. The molecule has 94 valence electrons. The van der Waals surface area contributed by atoms with E-state index in [1.165, 1.54) is 32.4 Å². The molecule has 1 fully saturated rings. The summed E-state index contributed by atoms with van der Waals surface area (Å²) in [6.45, 7) is 4.67. The van der Waals surface area contributed by atoms with E-state index in [1.54, 1.807) is 7.11 Å². The SMILES string of the molecule is COc1cccc(NCCN2CCCCC2)c1. The Balaban J connectivity index is 1.73. The van der Waals surface area contributed by atoms with Crippen LogP contribution in [0.25, 0.3) is 0 Å². The summed E-state index contributed by atoms with van der Waals surface area (Å²) in [6.07, 6.45) is 4.12. The monoisotopic (exact) mass is 234 g/mol. The number of anilines is 1. The molecule has 1 saturated heterocycles. The number of nitrogens with one attached hydrogen (secondary N) is 1. The van der Waals surface area contributed by atoms with E-state index >= 15 is 0 Å². The summed E-state index contributed by atoms with van der Waals surface area (Å²) in [5.74, 6) is 0.910. The van der Waals surface area contributed by atoms with Crippen molar-refractivity contribution in [3.8, 4) is 5.75 Å². The predicted octanol–water partition coefficient (Wildman–Crippen LogP) is 2.59. The summed E-state index contributed by atoms with van der Waals surface area (Å²) >= 11 is 0. The molecular weight excluding hydrogens is 212 g/mol. The lowest BCUT2D eigenvalue weighted by Crippen LogP contribution is -2.33. The van der Waals surface area contributed by atoms with Crippen LogP contribution >= 0.6 is 0 Å². The Bertz CT molecular complexity index is 335. The van der Waals surface area contributed by atoms with Gasteiger partial charge in [-0.15, -0.1) is 0 Å². The average Bonchev–Trinajstić information content (AvgIpc) is 2.40. The molecule has 2 rings (SSSR count). The largest absolute Gasteiger partial charge is 0.497 e. The quantitative estimate of drug-likeness (QED) is 0.847. The third-order valence-electron chi connectivity index (χ3n) is 3.28. The molecule has 0 unspecified atom stereocenters. The number of hydrogen-bond donors (Lipinski definition) is 1. The topological polar surface area (TPSA) is 24.5 Å². The molecule has 1 aromatic carbocycles. The maximum absolute atomic E-state index is 5.20. The lowest BCUT2D eigenvalue weighted by atomic mass is 10.1. The molecule has 3 heteroatoms. The third kappa shape index (κ3) is 3.93. The number of piperidine rings is 1. The van der Waals surface area contributed by atoms with Crippen LogP contribution < -0.4 is 10.1 Å². The van der Waals surface area contributed by atoms with E-state index in [1.807, 2.05) is 18.2 Å². The third-order valence-corrected chi connectivity index (χ3v) is 3.28. The van der Waals surface area contributed by atoms with Crippen molar-refractivity contribution < 1.29 is 4.74 Å². The van der Waals surface area contributed by atoms with Crippen molar-refractivity contribution in [3.63, 3.8) is 0 Å². The van der Waals surface area contributed by atoms with Crippen LogP contribution in [-0.2, 0) is 0 Å². The number of hydrogen-bond acceptors (Lipinski definition) is 3. The van der Waals surface area contributed by atoms with E-state index in [0.29, 0.717) is 0 Å². The van der Waals surface area contributed by atoms with Crippen LogP contribution in [0.4, 0.5) is 5.69 Å². The van der Waals surface area contributed by atoms with Gasteiger partial charge in [0, 0.05) is 24.8 Å². The smallest absolute Gasteiger partial charge is 0.120 e. The molecule has 1 aromatic rings. The Hall–Kier alpha value is -1.22. The van der Waals surface area contributed by atoms with Crippen molar-refractivity contribution in [2.75, 3.05) is 38.6 Å². The maximum Gasteiger partial charge on any atom is 0.120 e. The summed E-state index contributed by atoms with van der Waals surface area (Å²) in [7, 11) is 1.70. The average molecular weight is 234 g/mol. The van der Waals surface area contributed by atoms with Gasteiger partial charge < -0.3 is 15.0 Å². The number of rotatable bonds is 5. The molecule has 1 heterocycles. The molecule has 0 bridgehead atoms. The Labute approximate surface area is 104 Å². The van der Waals surface area contributed by atoms with Crippen molar-refractivity contribution in [2.24, 2.45) is 0 Å². The molecule has 0 spiro atoms. The molecule has 1 aliphatic heterocycles.